The highest BCUT2D eigenvalue weighted by Gasteiger charge is 2.20. The zero-order valence-electron chi connectivity index (χ0n) is 5.70. The third kappa shape index (κ3) is 1.72. The first kappa shape index (κ1) is 8.96. The van der Waals surface area contributed by atoms with Crippen molar-refractivity contribution in [3.63, 3.8) is 0 Å². The van der Waals surface area contributed by atoms with Gasteiger partial charge in [-0.15, -0.1) is 17.5 Å². The molecular formula is C5H8BrClN4. The Labute approximate surface area is 78.9 Å². The lowest BCUT2D eigenvalue weighted by atomic mass is 10.2. The lowest BCUT2D eigenvalue weighted by Crippen LogP contribution is -2.44. The van der Waals surface area contributed by atoms with Gasteiger partial charge in [0.1, 0.15) is 4.60 Å². The number of rotatable bonds is 1. The van der Waals surface area contributed by atoms with E-state index in [2.05, 4.69) is 31.4 Å². The third-order valence-electron chi connectivity index (χ3n) is 1.57. The van der Waals surface area contributed by atoms with Crippen molar-refractivity contribution in [3.05, 3.63) is 10.8 Å². The van der Waals surface area contributed by atoms with Crippen LogP contribution in [0.2, 0.25) is 0 Å². The number of nitrogens with one attached hydrogen (secondary N) is 1. The van der Waals surface area contributed by atoms with Crippen molar-refractivity contribution in [1.29, 1.82) is 0 Å². The molecule has 0 radical (unpaired) electrons. The molecule has 1 aromatic heterocycles. The van der Waals surface area contributed by atoms with E-state index < -0.39 is 0 Å². The van der Waals surface area contributed by atoms with Gasteiger partial charge in [0.25, 0.3) is 0 Å². The number of hydrogen-bond donors (Lipinski definition) is 1. The Balaban J connectivity index is 0.000000605. The maximum absolute atomic E-state index is 4.11. The van der Waals surface area contributed by atoms with E-state index in [9.17, 15) is 0 Å². The number of halogens is 2. The summed E-state index contributed by atoms with van der Waals surface area (Å²) in [5, 5.41) is 11.3. The summed E-state index contributed by atoms with van der Waals surface area (Å²) in [6.45, 7) is 1.97. The molecule has 0 amide bonds. The maximum Gasteiger partial charge on any atom is 0.148 e. The quantitative estimate of drug-likeness (QED) is 0.781. The molecule has 1 aromatic rings. The fourth-order valence-electron chi connectivity index (χ4n) is 0.869. The Kier molecular flexibility index (Phi) is 2.86. The Morgan fingerprint density at radius 3 is 2.73 bits per heavy atom. The fraction of sp³-hybridized carbons (Fsp3) is 0.600. The summed E-state index contributed by atoms with van der Waals surface area (Å²) in [4.78, 5) is 1.74. The summed E-state index contributed by atoms with van der Waals surface area (Å²) >= 11 is 3.24. The van der Waals surface area contributed by atoms with E-state index in [1.165, 1.54) is 0 Å². The van der Waals surface area contributed by atoms with Crippen LogP contribution in [-0.4, -0.2) is 28.1 Å². The van der Waals surface area contributed by atoms with Gasteiger partial charge in [-0.25, -0.2) is 0 Å². The van der Waals surface area contributed by atoms with Crippen molar-refractivity contribution in [1.82, 2.24) is 20.3 Å². The van der Waals surface area contributed by atoms with Gasteiger partial charge in [0.15, 0.2) is 0 Å². The number of hydrogen-bond acceptors (Lipinski definition) is 3. The minimum atomic E-state index is 0. The van der Waals surface area contributed by atoms with E-state index in [0.29, 0.717) is 6.04 Å². The second-order valence-electron chi connectivity index (χ2n) is 2.30. The molecule has 1 saturated heterocycles. The summed E-state index contributed by atoms with van der Waals surface area (Å²) in [6.07, 6.45) is 1.71. The maximum atomic E-state index is 4.11. The lowest BCUT2D eigenvalue weighted by molar-refractivity contribution is 0.288. The molecule has 0 aliphatic carbocycles. The molecule has 4 nitrogen and oxygen atoms in total. The van der Waals surface area contributed by atoms with Gasteiger partial charge < -0.3 is 5.32 Å². The van der Waals surface area contributed by atoms with Crippen molar-refractivity contribution in [2.24, 2.45) is 0 Å². The summed E-state index contributed by atoms with van der Waals surface area (Å²) < 4.78 is 0.805. The molecule has 2 rings (SSSR count). The van der Waals surface area contributed by atoms with E-state index in [0.717, 1.165) is 17.7 Å². The summed E-state index contributed by atoms with van der Waals surface area (Å²) in [7, 11) is 0. The van der Waals surface area contributed by atoms with Gasteiger partial charge in [-0.05, 0) is 15.9 Å². The molecule has 0 aromatic carbocycles. The molecule has 1 aliphatic rings. The zero-order chi connectivity index (χ0) is 6.97. The number of aromatic nitrogens is 3. The standard InChI is InChI=1S/C5H7BrN4.ClH/c6-5-3-8-10(9-5)4-1-7-2-4;/h3-4,7H,1-2H2;1H. The predicted octanol–water partition coefficient (Wildman–Crippen LogP) is 0.607. The molecule has 62 valence electrons. The average Bonchev–Trinajstić information content (AvgIpc) is 2.10. The molecule has 1 aliphatic heterocycles. The van der Waals surface area contributed by atoms with E-state index in [-0.39, 0.29) is 12.4 Å². The van der Waals surface area contributed by atoms with Gasteiger partial charge >= 0.3 is 0 Å². The van der Waals surface area contributed by atoms with Crippen molar-refractivity contribution in [2.45, 2.75) is 6.04 Å². The third-order valence-corrected chi connectivity index (χ3v) is 1.93. The van der Waals surface area contributed by atoms with Crippen LogP contribution in [0.5, 0.6) is 0 Å². The van der Waals surface area contributed by atoms with E-state index in [4.69, 9.17) is 0 Å². The minimum Gasteiger partial charge on any atom is -0.312 e. The normalized spacial score (nSPS) is 17.2. The van der Waals surface area contributed by atoms with Crippen LogP contribution in [0.25, 0.3) is 0 Å². The van der Waals surface area contributed by atoms with Crippen LogP contribution in [0.3, 0.4) is 0 Å². The molecule has 11 heavy (non-hydrogen) atoms. The van der Waals surface area contributed by atoms with Crippen molar-refractivity contribution < 1.29 is 0 Å². The molecule has 0 spiro atoms. The smallest absolute Gasteiger partial charge is 0.148 e. The van der Waals surface area contributed by atoms with Crippen LogP contribution in [0, 0.1) is 0 Å². The first-order valence-corrected chi connectivity index (χ1v) is 3.93. The predicted molar refractivity (Wildman–Crippen MR) is 46.9 cm³/mol. The van der Waals surface area contributed by atoms with Crippen molar-refractivity contribution >= 4 is 28.3 Å². The van der Waals surface area contributed by atoms with E-state index >= 15 is 0 Å². The van der Waals surface area contributed by atoms with E-state index in [1.807, 2.05) is 0 Å². The van der Waals surface area contributed by atoms with Gasteiger partial charge in [0.05, 0.1) is 12.2 Å². The van der Waals surface area contributed by atoms with Gasteiger partial charge in [0, 0.05) is 13.1 Å². The van der Waals surface area contributed by atoms with Crippen LogP contribution in [0.15, 0.2) is 10.8 Å². The second kappa shape index (κ2) is 3.51. The Morgan fingerprint density at radius 1 is 1.64 bits per heavy atom. The molecule has 1 N–H and O–H groups in total. The molecule has 0 unspecified atom stereocenters. The van der Waals surface area contributed by atoms with Crippen LogP contribution in [0.4, 0.5) is 0 Å². The lowest BCUT2D eigenvalue weighted by Gasteiger charge is -2.25. The molecule has 0 saturated carbocycles. The molecule has 0 atom stereocenters. The summed E-state index contributed by atoms with van der Waals surface area (Å²) in [6, 6.07) is 0.464. The summed E-state index contributed by atoms with van der Waals surface area (Å²) in [5.74, 6) is 0. The first-order valence-electron chi connectivity index (χ1n) is 3.14. The second-order valence-corrected chi connectivity index (χ2v) is 3.11. The molecule has 6 heteroatoms. The monoisotopic (exact) mass is 238 g/mol. The van der Waals surface area contributed by atoms with Crippen molar-refractivity contribution in [3.8, 4) is 0 Å². The largest absolute Gasteiger partial charge is 0.312 e. The highest BCUT2D eigenvalue weighted by atomic mass is 79.9. The zero-order valence-corrected chi connectivity index (χ0v) is 8.10. The van der Waals surface area contributed by atoms with E-state index in [1.54, 1.807) is 11.0 Å². The van der Waals surface area contributed by atoms with Gasteiger partial charge in [-0.3, -0.25) is 0 Å². The van der Waals surface area contributed by atoms with Crippen LogP contribution >= 0.6 is 28.3 Å². The Hall–Kier alpha value is -0.130. The minimum absolute atomic E-state index is 0. The Bertz CT molecular complexity index is 234. The molecule has 0 bridgehead atoms. The van der Waals surface area contributed by atoms with Crippen LogP contribution in [-0.2, 0) is 0 Å². The van der Waals surface area contributed by atoms with Gasteiger partial charge in [0.2, 0.25) is 0 Å². The van der Waals surface area contributed by atoms with Gasteiger partial charge in [-0.2, -0.15) is 9.90 Å². The summed E-state index contributed by atoms with van der Waals surface area (Å²) in [5.41, 5.74) is 0. The fourth-order valence-corrected chi connectivity index (χ4v) is 1.12. The molecule has 1 fully saturated rings. The van der Waals surface area contributed by atoms with Crippen LogP contribution in [0.1, 0.15) is 6.04 Å². The topological polar surface area (TPSA) is 42.7 Å². The SMILES string of the molecule is Brc1cnn(C2CNC2)n1.Cl. The van der Waals surface area contributed by atoms with Gasteiger partial charge in [-0.1, -0.05) is 0 Å². The number of nitrogens with zero attached hydrogens (tertiary/aromatic N) is 3. The van der Waals surface area contributed by atoms with Crippen LogP contribution < -0.4 is 5.32 Å². The molecule has 2 heterocycles. The first-order chi connectivity index (χ1) is 4.86. The molecular weight excluding hydrogens is 231 g/mol. The Morgan fingerprint density at radius 2 is 2.36 bits per heavy atom. The van der Waals surface area contributed by atoms with Crippen molar-refractivity contribution in [2.75, 3.05) is 13.1 Å². The average molecular weight is 240 g/mol. The highest BCUT2D eigenvalue weighted by Crippen LogP contribution is 2.10. The highest BCUT2D eigenvalue weighted by molar-refractivity contribution is 9.10.